The zero-order valence-corrected chi connectivity index (χ0v) is 16.2. The zero-order valence-electron chi connectivity index (χ0n) is 16.2. The molecular formula is C21H21N5O4. The number of para-hydroxylation sites is 1. The molecule has 4 rings (SSSR count). The molecule has 1 aliphatic heterocycles. The van der Waals surface area contributed by atoms with Crippen molar-refractivity contribution in [2.24, 2.45) is 0 Å². The summed E-state index contributed by atoms with van der Waals surface area (Å²) in [5.41, 5.74) is 2.41. The Hall–Kier alpha value is -3.72. The largest absolute Gasteiger partial charge is 0.378 e. The van der Waals surface area contributed by atoms with Crippen LogP contribution >= 0.6 is 0 Å². The van der Waals surface area contributed by atoms with Crippen molar-refractivity contribution >= 4 is 17.3 Å². The second-order valence-corrected chi connectivity index (χ2v) is 6.87. The molecule has 1 fully saturated rings. The summed E-state index contributed by atoms with van der Waals surface area (Å²) >= 11 is 0. The molecule has 3 aromatic rings. The van der Waals surface area contributed by atoms with Crippen LogP contribution in [0.4, 0.5) is 11.4 Å². The van der Waals surface area contributed by atoms with E-state index in [1.807, 2.05) is 41.4 Å². The van der Waals surface area contributed by atoms with Gasteiger partial charge in [0.1, 0.15) is 5.69 Å². The van der Waals surface area contributed by atoms with E-state index in [2.05, 4.69) is 10.4 Å². The van der Waals surface area contributed by atoms with E-state index in [4.69, 9.17) is 4.74 Å². The summed E-state index contributed by atoms with van der Waals surface area (Å²) in [6.07, 6.45) is 3.51. The number of rotatable bonds is 6. The number of carbonyl (C=O) groups excluding carboxylic acids is 1. The lowest BCUT2D eigenvalue weighted by Gasteiger charge is -2.28. The number of nitro benzene ring substituents is 1. The third-order valence-electron chi connectivity index (χ3n) is 4.90. The Morgan fingerprint density at radius 3 is 2.67 bits per heavy atom. The number of ether oxygens (including phenoxy) is 1. The predicted molar refractivity (Wildman–Crippen MR) is 111 cm³/mol. The first-order valence-corrected chi connectivity index (χ1v) is 9.60. The van der Waals surface area contributed by atoms with Crippen molar-refractivity contribution in [3.63, 3.8) is 0 Å². The third kappa shape index (κ3) is 4.31. The van der Waals surface area contributed by atoms with Crippen molar-refractivity contribution in [3.8, 4) is 5.69 Å². The van der Waals surface area contributed by atoms with Crippen molar-refractivity contribution in [1.82, 2.24) is 15.1 Å². The van der Waals surface area contributed by atoms with E-state index in [-0.39, 0.29) is 23.7 Å². The quantitative estimate of drug-likeness (QED) is 0.498. The minimum absolute atomic E-state index is 0.0820. The summed E-state index contributed by atoms with van der Waals surface area (Å²) in [6, 6.07) is 14.2. The van der Waals surface area contributed by atoms with Gasteiger partial charge in [0.25, 0.3) is 11.6 Å². The average molecular weight is 407 g/mol. The normalized spacial score (nSPS) is 13.8. The highest BCUT2D eigenvalue weighted by Gasteiger charge is 2.23. The van der Waals surface area contributed by atoms with Crippen LogP contribution in [0.15, 0.2) is 60.9 Å². The predicted octanol–water partition coefficient (Wildman–Crippen LogP) is 2.55. The minimum Gasteiger partial charge on any atom is -0.378 e. The van der Waals surface area contributed by atoms with Crippen LogP contribution in [-0.2, 0) is 11.3 Å². The topological polar surface area (TPSA) is 103 Å². The number of anilines is 1. The van der Waals surface area contributed by atoms with Crippen LogP contribution in [0.5, 0.6) is 0 Å². The van der Waals surface area contributed by atoms with Gasteiger partial charge >= 0.3 is 0 Å². The highest BCUT2D eigenvalue weighted by Crippen LogP contribution is 2.30. The van der Waals surface area contributed by atoms with E-state index in [9.17, 15) is 14.9 Å². The molecule has 9 nitrogen and oxygen atoms in total. The maximum atomic E-state index is 12.6. The van der Waals surface area contributed by atoms with Crippen molar-refractivity contribution < 1.29 is 14.5 Å². The summed E-state index contributed by atoms with van der Waals surface area (Å²) < 4.78 is 7.03. The zero-order chi connectivity index (χ0) is 20.9. The van der Waals surface area contributed by atoms with E-state index >= 15 is 0 Å². The van der Waals surface area contributed by atoms with Gasteiger partial charge in [-0.05, 0) is 24.3 Å². The Morgan fingerprint density at radius 1 is 1.17 bits per heavy atom. The lowest BCUT2D eigenvalue weighted by molar-refractivity contribution is -0.384. The van der Waals surface area contributed by atoms with Gasteiger partial charge in [-0.1, -0.05) is 18.2 Å². The van der Waals surface area contributed by atoms with Gasteiger partial charge in [0.05, 0.1) is 30.0 Å². The molecule has 2 aromatic carbocycles. The van der Waals surface area contributed by atoms with Crippen molar-refractivity contribution in [1.29, 1.82) is 0 Å². The molecule has 1 saturated heterocycles. The van der Waals surface area contributed by atoms with Gasteiger partial charge in [-0.15, -0.1) is 0 Å². The molecule has 1 N–H and O–H groups in total. The lowest BCUT2D eigenvalue weighted by Crippen LogP contribution is -2.36. The summed E-state index contributed by atoms with van der Waals surface area (Å²) in [6.45, 7) is 2.48. The summed E-state index contributed by atoms with van der Waals surface area (Å²) in [4.78, 5) is 25.6. The summed E-state index contributed by atoms with van der Waals surface area (Å²) in [5.74, 6) is -0.376. The first-order chi connectivity index (χ1) is 14.6. The summed E-state index contributed by atoms with van der Waals surface area (Å²) in [7, 11) is 0. The van der Waals surface area contributed by atoms with E-state index in [1.165, 1.54) is 6.07 Å². The average Bonchev–Trinajstić information content (AvgIpc) is 3.27. The van der Waals surface area contributed by atoms with Gasteiger partial charge in [0.15, 0.2) is 0 Å². The minimum atomic E-state index is -0.453. The second kappa shape index (κ2) is 8.75. The number of aromatic nitrogens is 2. The van der Waals surface area contributed by atoms with Crippen LogP contribution < -0.4 is 10.2 Å². The molecule has 30 heavy (non-hydrogen) atoms. The maximum absolute atomic E-state index is 12.6. The van der Waals surface area contributed by atoms with E-state index < -0.39 is 4.92 Å². The molecule has 1 aromatic heterocycles. The van der Waals surface area contributed by atoms with E-state index in [0.717, 1.165) is 11.3 Å². The lowest BCUT2D eigenvalue weighted by atomic mass is 10.1. The van der Waals surface area contributed by atoms with Gasteiger partial charge in [0.2, 0.25) is 0 Å². The number of amides is 1. The second-order valence-electron chi connectivity index (χ2n) is 6.87. The number of benzene rings is 2. The fraction of sp³-hybridized carbons (Fsp3) is 0.238. The van der Waals surface area contributed by atoms with Crippen LogP contribution in [0, 0.1) is 10.1 Å². The molecule has 0 spiro atoms. The molecule has 0 atom stereocenters. The molecule has 154 valence electrons. The van der Waals surface area contributed by atoms with E-state index in [1.54, 1.807) is 23.0 Å². The summed E-state index contributed by atoms with van der Waals surface area (Å²) in [5, 5.41) is 18.7. The number of nitro groups is 1. The number of nitrogens with zero attached hydrogens (tertiary/aromatic N) is 4. The smallest absolute Gasteiger partial charge is 0.293 e. The van der Waals surface area contributed by atoms with Crippen LogP contribution in [0.1, 0.15) is 15.9 Å². The Labute approximate surface area is 173 Å². The molecule has 2 heterocycles. The van der Waals surface area contributed by atoms with Crippen molar-refractivity contribution in [3.05, 3.63) is 82.2 Å². The first kappa shape index (κ1) is 19.6. The number of nitrogens with one attached hydrogen (secondary N) is 1. The van der Waals surface area contributed by atoms with Gasteiger partial charge in [-0.3, -0.25) is 14.9 Å². The third-order valence-corrected chi connectivity index (χ3v) is 4.90. The number of hydrogen-bond donors (Lipinski definition) is 1. The monoisotopic (exact) mass is 407 g/mol. The fourth-order valence-corrected chi connectivity index (χ4v) is 3.34. The van der Waals surface area contributed by atoms with Crippen LogP contribution in [0.2, 0.25) is 0 Å². The first-order valence-electron chi connectivity index (χ1n) is 9.60. The number of carbonyl (C=O) groups is 1. The van der Waals surface area contributed by atoms with E-state index in [0.29, 0.717) is 32.0 Å². The molecule has 9 heteroatoms. The van der Waals surface area contributed by atoms with Crippen molar-refractivity contribution in [2.75, 3.05) is 31.2 Å². The number of morpholine rings is 1. The van der Waals surface area contributed by atoms with Gasteiger partial charge in [-0.2, -0.15) is 5.10 Å². The molecule has 0 bridgehead atoms. The molecule has 0 unspecified atom stereocenters. The highest BCUT2D eigenvalue weighted by molar-refractivity contribution is 5.95. The molecule has 1 amide bonds. The Balaban J connectivity index is 1.45. The van der Waals surface area contributed by atoms with Crippen LogP contribution in [0.25, 0.3) is 5.69 Å². The molecule has 0 aliphatic carbocycles. The van der Waals surface area contributed by atoms with Crippen molar-refractivity contribution in [2.45, 2.75) is 6.54 Å². The Bertz CT molecular complexity index is 1040. The standard InChI is InChI=1S/C21H21N5O4/c27-21(22-13-16-14-23-25(15-16)18-4-2-1-3-5-18)17-6-7-19(20(12-17)26(28)29)24-8-10-30-11-9-24/h1-7,12,14-15H,8-11,13H2,(H,22,27). The van der Waals surface area contributed by atoms with Gasteiger partial charge in [0, 0.05) is 43.0 Å². The van der Waals surface area contributed by atoms with Crippen LogP contribution in [-0.4, -0.2) is 46.9 Å². The van der Waals surface area contributed by atoms with Gasteiger partial charge < -0.3 is 15.0 Å². The fourth-order valence-electron chi connectivity index (χ4n) is 3.34. The maximum Gasteiger partial charge on any atom is 0.293 e. The Morgan fingerprint density at radius 2 is 1.93 bits per heavy atom. The Kier molecular flexibility index (Phi) is 5.71. The number of hydrogen-bond acceptors (Lipinski definition) is 6. The van der Waals surface area contributed by atoms with Gasteiger partial charge in [-0.25, -0.2) is 4.68 Å². The molecule has 1 aliphatic rings. The molecule has 0 radical (unpaired) electrons. The van der Waals surface area contributed by atoms with Crippen LogP contribution in [0.3, 0.4) is 0 Å². The highest BCUT2D eigenvalue weighted by atomic mass is 16.6. The molecular weight excluding hydrogens is 386 g/mol. The SMILES string of the molecule is O=C(NCc1cnn(-c2ccccc2)c1)c1ccc(N2CCOCC2)c([N+](=O)[O-])c1. The molecule has 0 saturated carbocycles.